The van der Waals surface area contributed by atoms with E-state index in [0.29, 0.717) is 30.0 Å². The van der Waals surface area contributed by atoms with Crippen LogP contribution in [0.2, 0.25) is 0 Å². The van der Waals surface area contributed by atoms with Gasteiger partial charge >= 0.3 is 0 Å². The Kier molecular flexibility index (Phi) is 6.29. The Morgan fingerprint density at radius 3 is 2.51 bits per heavy atom. The fraction of sp³-hybridized carbons (Fsp3) is 0.346. The molecule has 2 aromatic heterocycles. The molecule has 9 heteroatoms. The van der Waals surface area contributed by atoms with Crippen molar-refractivity contribution in [3.63, 3.8) is 0 Å². The predicted molar refractivity (Wildman–Crippen MR) is 125 cm³/mol. The summed E-state index contributed by atoms with van der Waals surface area (Å²) in [7, 11) is 0. The van der Waals surface area contributed by atoms with Gasteiger partial charge in [0.2, 0.25) is 0 Å². The Labute approximate surface area is 201 Å². The van der Waals surface area contributed by atoms with Crippen LogP contribution >= 0.6 is 0 Å². The lowest BCUT2D eigenvalue weighted by atomic mass is 9.95. The Bertz CT molecular complexity index is 1320. The lowest BCUT2D eigenvalue weighted by Gasteiger charge is -2.20. The van der Waals surface area contributed by atoms with Gasteiger partial charge in [-0.2, -0.15) is 0 Å². The maximum atomic E-state index is 15.2. The van der Waals surface area contributed by atoms with Gasteiger partial charge in [0.1, 0.15) is 28.8 Å². The lowest BCUT2D eigenvalue weighted by molar-refractivity contribution is 0.0787. The van der Waals surface area contributed by atoms with Gasteiger partial charge in [-0.1, -0.05) is 0 Å². The number of carbonyl (C=O) groups is 1. The van der Waals surface area contributed by atoms with Crippen LogP contribution in [0.15, 0.2) is 30.5 Å². The van der Waals surface area contributed by atoms with Crippen molar-refractivity contribution in [2.45, 2.75) is 52.9 Å². The second-order valence-electron chi connectivity index (χ2n) is 9.17. The first-order chi connectivity index (χ1) is 16.4. The van der Waals surface area contributed by atoms with Crippen LogP contribution in [-0.4, -0.2) is 27.3 Å². The molecule has 1 atom stereocenters. The Morgan fingerprint density at radius 2 is 1.86 bits per heavy atom. The summed E-state index contributed by atoms with van der Waals surface area (Å²) >= 11 is 0. The van der Waals surface area contributed by atoms with Crippen LogP contribution in [0.25, 0.3) is 11.3 Å². The summed E-state index contributed by atoms with van der Waals surface area (Å²) in [5.41, 5.74) is -1.68. The number of aryl methyl sites for hydroxylation is 1. The number of carbonyl (C=O) groups excluding carboxylic acids is 1. The molecule has 0 radical (unpaired) electrons. The van der Waals surface area contributed by atoms with E-state index in [-0.39, 0.29) is 22.7 Å². The topological polar surface area (TPSA) is 58.1 Å². The molecule has 3 heterocycles. The van der Waals surface area contributed by atoms with Gasteiger partial charge in [-0.3, -0.25) is 4.79 Å². The number of nitrogens with zero attached hydrogens (tertiary/aromatic N) is 3. The number of aromatic nitrogens is 2. The number of fused-ring (bicyclic) bond motifs is 1. The van der Waals surface area contributed by atoms with Crippen molar-refractivity contribution < 1.29 is 22.4 Å². The van der Waals surface area contributed by atoms with E-state index in [9.17, 15) is 9.18 Å². The molecule has 4 rings (SSSR count). The van der Waals surface area contributed by atoms with Gasteiger partial charge < -0.3 is 10.2 Å². The molecular weight excluding hydrogens is 460 g/mol. The molecule has 1 aromatic carbocycles. The molecule has 0 saturated carbocycles. The van der Waals surface area contributed by atoms with E-state index in [1.165, 1.54) is 33.0 Å². The van der Waals surface area contributed by atoms with E-state index < -0.39 is 40.4 Å². The molecule has 35 heavy (non-hydrogen) atoms. The third-order valence-electron chi connectivity index (χ3n) is 6.19. The standard InChI is InChI=1S/C26H26F4N4O/c1-6-34-12-18-15(25(34)35)7-8-31-24(18)33-14(3)16-10-21(28)17(11-20(16)27)23-22(29)19(26(4,5)30)9-13(2)32-23/h7-11,14H,6,12H2,1-5H3,(H,31,33). The number of hydrogen-bond donors (Lipinski definition) is 1. The monoisotopic (exact) mass is 486 g/mol. The summed E-state index contributed by atoms with van der Waals surface area (Å²) in [4.78, 5) is 22.4. The lowest BCUT2D eigenvalue weighted by Crippen LogP contribution is -2.22. The van der Waals surface area contributed by atoms with Crippen LogP contribution in [0.1, 0.15) is 66.5 Å². The zero-order chi connectivity index (χ0) is 25.7. The second kappa shape index (κ2) is 8.94. The molecular formula is C26H26F4N4O. The molecule has 0 aliphatic carbocycles. The number of hydrogen-bond acceptors (Lipinski definition) is 4. The third-order valence-corrected chi connectivity index (χ3v) is 6.19. The van der Waals surface area contributed by atoms with E-state index in [0.717, 1.165) is 12.1 Å². The number of anilines is 1. The van der Waals surface area contributed by atoms with Crippen molar-refractivity contribution in [2.75, 3.05) is 11.9 Å². The van der Waals surface area contributed by atoms with Crippen molar-refractivity contribution in [1.29, 1.82) is 0 Å². The highest BCUT2D eigenvalue weighted by atomic mass is 19.2. The van der Waals surface area contributed by atoms with Gasteiger partial charge in [0, 0.05) is 46.3 Å². The van der Waals surface area contributed by atoms with Crippen molar-refractivity contribution in [3.05, 3.63) is 75.9 Å². The van der Waals surface area contributed by atoms with E-state index in [1.807, 2.05) is 6.92 Å². The molecule has 1 unspecified atom stereocenters. The quantitative estimate of drug-likeness (QED) is 0.420. The van der Waals surface area contributed by atoms with Gasteiger partial charge in [0.15, 0.2) is 5.82 Å². The molecule has 1 amide bonds. The van der Waals surface area contributed by atoms with Crippen molar-refractivity contribution in [1.82, 2.24) is 14.9 Å². The molecule has 0 spiro atoms. The summed E-state index contributed by atoms with van der Waals surface area (Å²) in [6.07, 6.45) is 1.49. The number of benzene rings is 1. The van der Waals surface area contributed by atoms with Crippen LogP contribution < -0.4 is 5.32 Å². The van der Waals surface area contributed by atoms with Gasteiger partial charge in [0.25, 0.3) is 5.91 Å². The summed E-state index contributed by atoms with van der Waals surface area (Å²) in [6.45, 7) is 8.30. The summed E-state index contributed by atoms with van der Waals surface area (Å²) in [6, 6.07) is 4.00. The highest BCUT2D eigenvalue weighted by Crippen LogP contribution is 2.36. The SMILES string of the molecule is CCN1Cc2c(ccnc2NC(C)c2cc(F)c(-c3nc(C)cc(C(C)(C)F)c3F)cc2F)C1=O. The number of rotatable bonds is 6. The normalized spacial score (nSPS) is 14.3. The Hall–Kier alpha value is -3.49. The third kappa shape index (κ3) is 4.47. The molecule has 1 aliphatic rings. The van der Waals surface area contributed by atoms with Crippen LogP contribution in [-0.2, 0) is 12.2 Å². The first-order valence-corrected chi connectivity index (χ1v) is 11.3. The van der Waals surface area contributed by atoms with E-state index in [1.54, 1.807) is 17.9 Å². The van der Waals surface area contributed by atoms with Gasteiger partial charge in [-0.15, -0.1) is 0 Å². The molecule has 0 fully saturated rings. The Balaban J connectivity index is 1.69. The molecule has 184 valence electrons. The highest BCUT2D eigenvalue weighted by Gasteiger charge is 2.31. The largest absolute Gasteiger partial charge is 0.363 e. The Morgan fingerprint density at radius 1 is 1.14 bits per heavy atom. The highest BCUT2D eigenvalue weighted by molar-refractivity contribution is 5.99. The number of alkyl halides is 1. The van der Waals surface area contributed by atoms with Crippen LogP contribution in [0, 0.1) is 24.4 Å². The first-order valence-electron chi connectivity index (χ1n) is 11.3. The number of amides is 1. The number of nitrogens with one attached hydrogen (secondary N) is 1. The van der Waals surface area contributed by atoms with Crippen LogP contribution in [0.3, 0.4) is 0 Å². The van der Waals surface area contributed by atoms with E-state index in [2.05, 4.69) is 15.3 Å². The van der Waals surface area contributed by atoms with E-state index >= 15 is 13.2 Å². The van der Waals surface area contributed by atoms with Gasteiger partial charge in [-0.05, 0) is 58.9 Å². The zero-order valence-corrected chi connectivity index (χ0v) is 20.1. The fourth-order valence-corrected chi connectivity index (χ4v) is 4.29. The average Bonchev–Trinajstić information content (AvgIpc) is 3.12. The molecule has 5 nitrogen and oxygen atoms in total. The van der Waals surface area contributed by atoms with Gasteiger partial charge in [-0.25, -0.2) is 27.5 Å². The molecule has 1 N–H and O–H groups in total. The zero-order valence-electron chi connectivity index (χ0n) is 20.1. The minimum absolute atomic E-state index is 0.0126. The predicted octanol–water partition coefficient (Wildman–Crippen LogP) is 6.22. The first kappa shape index (κ1) is 24.6. The molecule has 3 aromatic rings. The van der Waals surface area contributed by atoms with Crippen molar-refractivity contribution in [2.24, 2.45) is 0 Å². The fourth-order valence-electron chi connectivity index (χ4n) is 4.29. The maximum absolute atomic E-state index is 15.2. The average molecular weight is 487 g/mol. The summed E-state index contributed by atoms with van der Waals surface area (Å²) in [5, 5.41) is 3.06. The minimum atomic E-state index is -2.03. The van der Waals surface area contributed by atoms with E-state index in [4.69, 9.17) is 0 Å². The van der Waals surface area contributed by atoms with Gasteiger partial charge in [0.05, 0.1) is 12.6 Å². The van der Waals surface area contributed by atoms with Crippen LogP contribution in [0.4, 0.5) is 23.4 Å². The maximum Gasteiger partial charge on any atom is 0.254 e. The molecule has 1 aliphatic heterocycles. The molecule has 0 bridgehead atoms. The van der Waals surface area contributed by atoms with Crippen molar-refractivity contribution in [3.8, 4) is 11.3 Å². The van der Waals surface area contributed by atoms with Crippen molar-refractivity contribution >= 4 is 11.7 Å². The summed E-state index contributed by atoms with van der Waals surface area (Å²) < 4.78 is 59.9. The van der Waals surface area contributed by atoms with Crippen LogP contribution in [0.5, 0.6) is 0 Å². The number of pyridine rings is 2. The summed E-state index contributed by atoms with van der Waals surface area (Å²) in [5.74, 6) is -2.41. The number of halogens is 4. The smallest absolute Gasteiger partial charge is 0.254 e. The second-order valence-corrected chi connectivity index (χ2v) is 9.17. The minimum Gasteiger partial charge on any atom is -0.363 e. The molecule has 0 saturated heterocycles.